The monoisotopic (exact) mass is 326 g/mol. The largest absolute Gasteiger partial charge is 0.330 e. The molecule has 1 aromatic heterocycles. The van der Waals surface area contributed by atoms with Crippen molar-refractivity contribution in [2.75, 3.05) is 11.9 Å². The highest BCUT2D eigenvalue weighted by Crippen LogP contribution is 2.32. The third-order valence-electron chi connectivity index (χ3n) is 4.40. The van der Waals surface area contributed by atoms with Gasteiger partial charge in [0.25, 0.3) is 0 Å². The number of benzene rings is 1. The maximum absolute atomic E-state index is 13.7. The van der Waals surface area contributed by atoms with Gasteiger partial charge in [-0.05, 0) is 37.4 Å². The molecule has 0 unspecified atom stereocenters. The van der Waals surface area contributed by atoms with E-state index in [1.165, 1.54) is 6.07 Å². The number of carbonyl (C=O) groups is 1. The fraction of sp³-hybridized carbons (Fsp3) is 0.467. The SMILES string of the molecule is Cl.Cn1c(NC(=O)[C@@H]2CCC[C@@H]2CN)nc2c(F)cccc21. The van der Waals surface area contributed by atoms with Gasteiger partial charge in [0.1, 0.15) is 5.52 Å². The number of anilines is 1. The first kappa shape index (κ1) is 16.7. The Morgan fingerprint density at radius 2 is 2.27 bits per heavy atom. The predicted molar refractivity (Wildman–Crippen MR) is 86.4 cm³/mol. The number of carbonyl (C=O) groups excluding carboxylic acids is 1. The lowest BCUT2D eigenvalue weighted by atomic mass is 9.95. The molecule has 1 heterocycles. The minimum atomic E-state index is -0.385. The number of rotatable bonds is 3. The lowest BCUT2D eigenvalue weighted by Crippen LogP contribution is -2.30. The summed E-state index contributed by atoms with van der Waals surface area (Å²) in [5, 5.41) is 2.82. The first-order valence-electron chi connectivity index (χ1n) is 7.23. The number of amides is 1. The number of nitrogens with two attached hydrogens (primary N) is 1. The van der Waals surface area contributed by atoms with Crippen LogP contribution >= 0.6 is 12.4 Å². The molecular weight excluding hydrogens is 307 g/mol. The number of para-hydroxylation sites is 1. The summed E-state index contributed by atoms with van der Waals surface area (Å²) in [6.45, 7) is 0.523. The maximum atomic E-state index is 13.7. The van der Waals surface area contributed by atoms with Crippen LogP contribution in [0, 0.1) is 17.7 Å². The molecule has 0 saturated heterocycles. The minimum Gasteiger partial charge on any atom is -0.330 e. The first-order valence-corrected chi connectivity index (χ1v) is 7.23. The second-order valence-corrected chi connectivity index (χ2v) is 5.62. The topological polar surface area (TPSA) is 72.9 Å². The molecule has 0 bridgehead atoms. The number of hydrogen-bond donors (Lipinski definition) is 2. The van der Waals surface area contributed by atoms with Crippen molar-refractivity contribution < 1.29 is 9.18 Å². The van der Waals surface area contributed by atoms with E-state index in [1.54, 1.807) is 23.7 Å². The van der Waals surface area contributed by atoms with Gasteiger partial charge in [-0.25, -0.2) is 9.37 Å². The third-order valence-corrected chi connectivity index (χ3v) is 4.40. The summed E-state index contributed by atoms with van der Waals surface area (Å²) in [5.74, 6) is 0.0879. The zero-order valence-corrected chi connectivity index (χ0v) is 13.2. The summed E-state index contributed by atoms with van der Waals surface area (Å²) in [4.78, 5) is 16.6. The maximum Gasteiger partial charge on any atom is 0.230 e. The fourth-order valence-corrected chi connectivity index (χ4v) is 3.16. The van der Waals surface area contributed by atoms with E-state index in [1.807, 2.05) is 0 Å². The van der Waals surface area contributed by atoms with Crippen molar-refractivity contribution in [1.82, 2.24) is 9.55 Å². The van der Waals surface area contributed by atoms with Gasteiger partial charge >= 0.3 is 0 Å². The summed E-state index contributed by atoms with van der Waals surface area (Å²) < 4.78 is 15.4. The van der Waals surface area contributed by atoms with Crippen LogP contribution in [0.15, 0.2) is 18.2 Å². The van der Waals surface area contributed by atoms with Crippen molar-refractivity contribution in [3.63, 3.8) is 0 Å². The lowest BCUT2D eigenvalue weighted by Gasteiger charge is -2.16. The van der Waals surface area contributed by atoms with Gasteiger partial charge in [-0.1, -0.05) is 12.5 Å². The molecule has 7 heteroatoms. The molecule has 1 fully saturated rings. The van der Waals surface area contributed by atoms with Crippen LogP contribution < -0.4 is 11.1 Å². The van der Waals surface area contributed by atoms with Gasteiger partial charge < -0.3 is 10.3 Å². The number of nitrogens with one attached hydrogen (secondary N) is 1. The predicted octanol–water partition coefficient (Wildman–Crippen LogP) is 2.45. The van der Waals surface area contributed by atoms with Crippen molar-refractivity contribution in [2.24, 2.45) is 24.6 Å². The Bertz CT molecular complexity index is 687. The molecule has 3 N–H and O–H groups in total. The smallest absolute Gasteiger partial charge is 0.230 e. The zero-order chi connectivity index (χ0) is 15.0. The number of nitrogens with zero attached hydrogens (tertiary/aromatic N) is 2. The Hall–Kier alpha value is -1.66. The van der Waals surface area contributed by atoms with Crippen LogP contribution in [0.5, 0.6) is 0 Å². The number of halogens is 2. The molecule has 1 aliphatic carbocycles. The molecule has 1 aliphatic rings. The summed E-state index contributed by atoms with van der Waals surface area (Å²) in [5.41, 5.74) is 6.65. The molecule has 5 nitrogen and oxygen atoms in total. The van der Waals surface area contributed by atoms with Crippen LogP contribution in [0.1, 0.15) is 19.3 Å². The molecule has 1 amide bonds. The Labute approximate surface area is 134 Å². The van der Waals surface area contributed by atoms with Gasteiger partial charge in [0.2, 0.25) is 11.9 Å². The van der Waals surface area contributed by atoms with Crippen LogP contribution in [0.2, 0.25) is 0 Å². The average Bonchev–Trinajstić information content (AvgIpc) is 3.06. The molecule has 0 aliphatic heterocycles. The van der Waals surface area contributed by atoms with E-state index in [2.05, 4.69) is 10.3 Å². The highest BCUT2D eigenvalue weighted by atomic mass is 35.5. The van der Waals surface area contributed by atoms with Gasteiger partial charge in [0.05, 0.1) is 5.52 Å². The number of hydrogen-bond acceptors (Lipinski definition) is 3. The summed E-state index contributed by atoms with van der Waals surface area (Å²) in [6, 6.07) is 4.77. The van der Waals surface area contributed by atoms with Crippen LogP contribution in [-0.4, -0.2) is 22.0 Å². The number of fused-ring (bicyclic) bond motifs is 1. The molecule has 0 spiro atoms. The van der Waals surface area contributed by atoms with Crippen LogP contribution in [0.3, 0.4) is 0 Å². The van der Waals surface area contributed by atoms with Crippen LogP contribution in [0.25, 0.3) is 11.0 Å². The van der Waals surface area contributed by atoms with Crippen LogP contribution in [-0.2, 0) is 11.8 Å². The van der Waals surface area contributed by atoms with Crippen molar-refractivity contribution in [1.29, 1.82) is 0 Å². The second kappa shape index (κ2) is 6.62. The van der Waals surface area contributed by atoms with E-state index in [0.717, 1.165) is 19.3 Å². The Morgan fingerprint density at radius 1 is 1.50 bits per heavy atom. The van der Waals surface area contributed by atoms with Crippen molar-refractivity contribution in [3.8, 4) is 0 Å². The van der Waals surface area contributed by atoms with Gasteiger partial charge in [-0.3, -0.25) is 10.1 Å². The molecule has 2 aromatic rings. The van der Waals surface area contributed by atoms with Gasteiger partial charge in [-0.15, -0.1) is 12.4 Å². The van der Waals surface area contributed by atoms with E-state index in [4.69, 9.17) is 5.73 Å². The molecule has 2 atom stereocenters. The fourth-order valence-electron chi connectivity index (χ4n) is 3.16. The van der Waals surface area contributed by atoms with E-state index in [0.29, 0.717) is 18.0 Å². The molecule has 0 radical (unpaired) electrons. The quantitative estimate of drug-likeness (QED) is 0.910. The minimum absolute atomic E-state index is 0. The second-order valence-electron chi connectivity index (χ2n) is 5.62. The van der Waals surface area contributed by atoms with E-state index in [9.17, 15) is 9.18 Å². The molecule has 3 rings (SSSR count). The van der Waals surface area contributed by atoms with E-state index < -0.39 is 0 Å². The molecule has 1 aromatic carbocycles. The van der Waals surface area contributed by atoms with Crippen LogP contribution in [0.4, 0.5) is 10.3 Å². The summed E-state index contributed by atoms with van der Waals surface area (Å²) in [7, 11) is 1.76. The lowest BCUT2D eigenvalue weighted by molar-refractivity contribution is -0.120. The number of aryl methyl sites for hydroxylation is 1. The summed E-state index contributed by atoms with van der Waals surface area (Å²) in [6.07, 6.45) is 2.87. The van der Waals surface area contributed by atoms with Gasteiger partial charge in [0, 0.05) is 13.0 Å². The first-order chi connectivity index (χ1) is 10.1. The van der Waals surface area contributed by atoms with Crippen molar-refractivity contribution >= 4 is 35.3 Å². The van der Waals surface area contributed by atoms with Crippen molar-refractivity contribution in [2.45, 2.75) is 19.3 Å². The average molecular weight is 327 g/mol. The van der Waals surface area contributed by atoms with E-state index in [-0.39, 0.29) is 41.5 Å². The zero-order valence-electron chi connectivity index (χ0n) is 12.4. The molecule has 1 saturated carbocycles. The van der Waals surface area contributed by atoms with Gasteiger partial charge in [0.15, 0.2) is 5.82 Å². The Balaban J connectivity index is 0.00000176. The molecule has 22 heavy (non-hydrogen) atoms. The standard InChI is InChI=1S/C15H19FN4O.ClH/c1-20-12-7-3-6-11(16)13(12)18-15(20)19-14(21)10-5-2-4-9(10)8-17;/h3,6-7,9-10H,2,4-5,8,17H2,1H3,(H,18,19,21);1H/t9-,10-;/m1./s1. The third kappa shape index (κ3) is 2.80. The summed E-state index contributed by atoms with van der Waals surface area (Å²) >= 11 is 0. The molecular formula is C15H20ClFN4O. The molecule has 120 valence electrons. The Kier molecular flexibility index (Phi) is 5.03. The number of imidazole rings is 1. The van der Waals surface area contributed by atoms with Crippen molar-refractivity contribution in [3.05, 3.63) is 24.0 Å². The highest BCUT2D eigenvalue weighted by Gasteiger charge is 2.32. The Morgan fingerprint density at radius 3 is 2.95 bits per heavy atom. The van der Waals surface area contributed by atoms with Gasteiger partial charge in [-0.2, -0.15) is 0 Å². The normalized spacial score (nSPS) is 20.9. The van der Waals surface area contributed by atoms with E-state index >= 15 is 0 Å². The highest BCUT2D eigenvalue weighted by molar-refractivity contribution is 5.93. The number of aromatic nitrogens is 2.